The maximum atomic E-state index is 5.20. The zero-order valence-electron chi connectivity index (χ0n) is 13.9. The summed E-state index contributed by atoms with van der Waals surface area (Å²) < 4.78 is 1.90. The number of rotatable bonds is 6. The average Bonchev–Trinajstić information content (AvgIpc) is 3.08. The summed E-state index contributed by atoms with van der Waals surface area (Å²) in [7, 11) is 0. The van der Waals surface area contributed by atoms with Crippen molar-refractivity contribution in [3.05, 3.63) is 43.4 Å². The first-order valence-electron chi connectivity index (χ1n) is 8.02. The maximum absolute atomic E-state index is 5.20. The van der Waals surface area contributed by atoms with E-state index in [9.17, 15) is 0 Å². The fourth-order valence-corrected chi connectivity index (χ4v) is 2.47. The van der Waals surface area contributed by atoms with Gasteiger partial charge in [0.15, 0.2) is 10.8 Å². The summed E-state index contributed by atoms with van der Waals surface area (Å²) in [6.45, 7) is 7.22. The molecule has 0 saturated heterocycles. The van der Waals surface area contributed by atoms with Gasteiger partial charge in [-0.3, -0.25) is 9.67 Å². The monoisotopic (exact) mass is 353 g/mol. The van der Waals surface area contributed by atoms with Gasteiger partial charge >= 0.3 is 0 Å². The standard InChI is InChI=1S/C17H19N7S/c1-3-7-18-17(25)23-15-6-5-13-16(22-15)21-14(10-19-13)12-9-20-24(11-12)8-4-2/h3,5-6,9-11H,1,4,7-8H2,2H3,(H2,18,21,22,23,25). The van der Waals surface area contributed by atoms with Crippen LogP contribution in [0.4, 0.5) is 5.82 Å². The molecule has 0 amide bonds. The summed E-state index contributed by atoms with van der Waals surface area (Å²) in [6.07, 6.45) is 8.26. The second-order valence-electron chi connectivity index (χ2n) is 5.41. The quantitative estimate of drug-likeness (QED) is 0.521. The van der Waals surface area contributed by atoms with Crippen LogP contribution in [0, 0.1) is 0 Å². The van der Waals surface area contributed by atoms with E-state index in [0.717, 1.165) is 29.7 Å². The van der Waals surface area contributed by atoms with Gasteiger partial charge in [-0.25, -0.2) is 9.97 Å². The van der Waals surface area contributed by atoms with Crippen molar-refractivity contribution < 1.29 is 0 Å². The van der Waals surface area contributed by atoms with Crippen molar-refractivity contribution >= 4 is 34.3 Å². The topological polar surface area (TPSA) is 80.5 Å². The number of aryl methyl sites for hydroxylation is 1. The summed E-state index contributed by atoms with van der Waals surface area (Å²) in [4.78, 5) is 13.5. The fourth-order valence-electron chi connectivity index (χ4n) is 2.28. The number of thiocarbonyl (C=S) groups is 1. The van der Waals surface area contributed by atoms with E-state index in [1.165, 1.54) is 0 Å². The molecular formula is C17H19N7S. The second-order valence-corrected chi connectivity index (χ2v) is 5.82. The van der Waals surface area contributed by atoms with E-state index in [4.69, 9.17) is 12.2 Å². The number of aromatic nitrogens is 5. The minimum atomic E-state index is 0.483. The summed E-state index contributed by atoms with van der Waals surface area (Å²) in [5.41, 5.74) is 2.94. The molecule has 25 heavy (non-hydrogen) atoms. The van der Waals surface area contributed by atoms with Crippen LogP contribution in [0.3, 0.4) is 0 Å². The maximum Gasteiger partial charge on any atom is 0.180 e. The predicted octanol–water partition coefficient (Wildman–Crippen LogP) is 2.77. The van der Waals surface area contributed by atoms with E-state index in [1.807, 2.05) is 23.0 Å². The zero-order valence-corrected chi connectivity index (χ0v) is 14.8. The Kier molecular flexibility index (Phi) is 5.30. The van der Waals surface area contributed by atoms with Crippen LogP contribution < -0.4 is 10.6 Å². The van der Waals surface area contributed by atoms with Crippen molar-refractivity contribution in [1.29, 1.82) is 0 Å². The van der Waals surface area contributed by atoms with Gasteiger partial charge in [-0.2, -0.15) is 5.10 Å². The van der Waals surface area contributed by atoms with Crippen molar-refractivity contribution in [1.82, 2.24) is 30.0 Å². The molecule has 0 saturated carbocycles. The van der Waals surface area contributed by atoms with Crippen molar-refractivity contribution in [3.8, 4) is 11.3 Å². The smallest absolute Gasteiger partial charge is 0.180 e. The van der Waals surface area contributed by atoms with Crippen LogP contribution >= 0.6 is 12.2 Å². The minimum absolute atomic E-state index is 0.483. The molecule has 3 aromatic heterocycles. The van der Waals surface area contributed by atoms with Gasteiger partial charge in [0, 0.05) is 24.8 Å². The Morgan fingerprint density at radius 1 is 1.32 bits per heavy atom. The Bertz CT molecular complexity index is 903. The molecule has 0 bridgehead atoms. The van der Waals surface area contributed by atoms with Crippen LogP contribution in [0.1, 0.15) is 13.3 Å². The van der Waals surface area contributed by atoms with E-state index >= 15 is 0 Å². The molecule has 3 aromatic rings. The van der Waals surface area contributed by atoms with Gasteiger partial charge in [0.05, 0.1) is 18.1 Å². The highest BCUT2D eigenvalue weighted by Crippen LogP contribution is 2.19. The van der Waals surface area contributed by atoms with Crippen LogP contribution in [-0.2, 0) is 6.54 Å². The van der Waals surface area contributed by atoms with Crippen molar-refractivity contribution in [2.24, 2.45) is 0 Å². The van der Waals surface area contributed by atoms with Crippen LogP contribution in [0.2, 0.25) is 0 Å². The molecule has 2 N–H and O–H groups in total. The van der Waals surface area contributed by atoms with Gasteiger partial charge in [-0.15, -0.1) is 6.58 Å². The number of anilines is 1. The van der Waals surface area contributed by atoms with Crippen LogP contribution in [-0.4, -0.2) is 36.4 Å². The lowest BCUT2D eigenvalue weighted by atomic mass is 10.2. The lowest BCUT2D eigenvalue weighted by Crippen LogP contribution is -2.28. The first kappa shape index (κ1) is 17.0. The van der Waals surface area contributed by atoms with Crippen molar-refractivity contribution in [3.63, 3.8) is 0 Å². The molecule has 0 aliphatic carbocycles. The number of nitrogens with one attached hydrogen (secondary N) is 2. The second kappa shape index (κ2) is 7.80. The van der Waals surface area contributed by atoms with E-state index < -0.39 is 0 Å². The number of fused-ring (bicyclic) bond motifs is 1. The summed E-state index contributed by atoms with van der Waals surface area (Å²) >= 11 is 5.20. The average molecular weight is 353 g/mol. The van der Waals surface area contributed by atoms with Crippen molar-refractivity contribution in [2.75, 3.05) is 11.9 Å². The number of hydrogen-bond acceptors (Lipinski definition) is 5. The molecule has 128 valence electrons. The zero-order chi connectivity index (χ0) is 17.6. The SMILES string of the molecule is C=CCNC(=S)Nc1ccc2ncc(-c3cnn(CCC)c3)nc2n1. The predicted molar refractivity (Wildman–Crippen MR) is 103 cm³/mol. The Balaban J connectivity index is 1.85. The molecule has 7 nitrogen and oxygen atoms in total. The molecule has 3 rings (SSSR count). The Labute approximate surface area is 151 Å². The normalized spacial score (nSPS) is 10.6. The number of pyridine rings is 1. The highest BCUT2D eigenvalue weighted by Gasteiger charge is 2.08. The third-order valence-electron chi connectivity index (χ3n) is 3.44. The molecule has 0 aliphatic rings. The number of nitrogens with zero attached hydrogens (tertiary/aromatic N) is 5. The summed E-state index contributed by atoms with van der Waals surface area (Å²) in [5, 5.41) is 10.8. The van der Waals surface area contributed by atoms with Gasteiger partial charge in [0.2, 0.25) is 0 Å². The first-order chi connectivity index (χ1) is 12.2. The lowest BCUT2D eigenvalue weighted by Gasteiger charge is -2.08. The third kappa shape index (κ3) is 4.16. The first-order valence-corrected chi connectivity index (χ1v) is 8.43. The van der Waals surface area contributed by atoms with Crippen LogP contribution in [0.5, 0.6) is 0 Å². The van der Waals surface area contributed by atoms with Crippen LogP contribution in [0.15, 0.2) is 43.4 Å². The van der Waals surface area contributed by atoms with Crippen molar-refractivity contribution in [2.45, 2.75) is 19.9 Å². The molecule has 8 heteroatoms. The largest absolute Gasteiger partial charge is 0.359 e. The summed E-state index contributed by atoms with van der Waals surface area (Å²) in [6, 6.07) is 3.68. The van der Waals surface area contributed by atoms with Gasteiger partial charge in [0.25, 0.3) is 0 Å². The molecule has 0 atom stereocenters. The van der Waals surface area contributed by atoms with Gasteiger partial charge in [-0.05, 0) is 30.8 Å². The van der Waals surface area contributed by atoms with Gasteiger partial charge in [0.1, 0.15) is 11.3 Å². The molecule has 0 aliphatic heterocycles. The fraction of sp³-hybridized carbons (Fsp3) is 0.235. The highest BCUT2D eigenvalue weighted by atomic mass is 32.1. The number of hydrogen-bond donors (Lipinski definition) is 2. The van der Waals surface area contributed by atoms with Gasteiger partial charge in [-0.1, -0.05) is 13.0 Å². The highest BCUT2D eigenvalue weighted by molar-refractivity contribution is 7.80. The summed E-state index contributed by atoms with van der Waals surface area (Å²) in [5.74, 6) is 0.613. The van der Waals surface area contributed by atoms with Gasteiger partial charge < -0.3 is 10.6 Å². The molecule has 0 aromatic carbocycles. The Hall–Kier alpha value is -2.87. The van der Waals surface area contributed by atoms with E-state index in [1.54, 1.807) is 18.5 Å². The molecule has 0 radical (unpaired) electrons. The van der Waals surface area contributed by atoms with E-state index in [-0.39, 0.29) is 0 Å². The van der Waals surface area contributed by atoms with E-state index in [2.05, 4.69) is 44.2 Å². The Morgan fingerprint density at radius 2 is 2.20 bits per heavy atom. The van der Waals surface area contributed by atoms with Crippen LogP contribution in [0.25, 0.3) is 22.4 Å². The lowest BCUT2D eigenvalue weighted by molar-refractivity contribution is 0.603. The molecule has 0 fully saturated rings. The molecule has 0 spiro atoms. The molecule has 3 heterocycles. The molecular weight excluding hydrogens is 334 g/mol. The Morgan fingerprint density at radius 3 is 3.00 bits per heavy atom. The van der Waals surface area contributed by atoms with E-state index in [0.29, 0.717) is 23.1 Å². The molecule has 0 unspecified atom stereocenters. The third-order valence-corrected chi connectivity index (χ3v) is 3.68. The minimum Gasteiger partial charge on any atom is -0.359 e.